The minimum absolute atomic E-state index is 0.690. The summed E-state index contributed by atoms with van der Waals surface area (Å²) >= 11 is 0. The Bertz CT molecular complexity index is 393. The van der Waals surface area contributed by atoms with Crippen molar-refractivity contribution in [1.29, 1.82) is 0 Å². The monoisotopic (exact) mass is 273 g/mol. The zero-order chi connectivity index (χ0) is 14.4. The molecule has 0 aliphatic heterocycles. The fourth-order valence-corrected chi connectivity index (χ4v) is 3.31. The Morgan fingerprint density at radius 1 is 1.20 bits per heavy atom. The van der Waals surface area contributed by atoms with Gasteiger partial charge >= 0.3 is 0 Å². The van der Waals surface area contributed by atoms with Gasteiger partial charge in [0.2, 0.25) is 0 Å². The Kier molecular flexibility index (Phi) is 6.09. The van der Waals surface area contributed by atoms with Gasteiger partial charge in [-0.2, -0.15) is 0 Å². The van der Waals surface area contributed by atoms with Gasteiger partial charge in [0.15, 0.2) is 0 Å². The molecular weight excluding hydrogens is 242 g/mol. The van der Waals surface area contributed by atoms with E-state index < -0.39 is 0 Å². The molecule has 0 aromatic heterocycles. The molecule has 1 heteroatoms. The highest BCUT2D eigenvalue weighted by Gasteiger charge is 2.30. The van der Waals surface area contributed by atoms with E-state index in [1.165, 1.54) is 50.5 Å². The molecule has 0 spiro atoms. The number of hydrogen-bond acceptors (Lipinski definition) is 1. The van der Waals surface area contributed by atoms with Crippen LogP contribution < -0.4 is 5.32 Å². The summed E-state index contributed by atoms with van der Waals surface area (Å²) < 4.78 is 0. The highest BCUT2D eigenvalue weighted by atomic mass is 15.0. The molecule has 1 aliphatic rings. The zero-order valence-electron chi connectivity index (χ0n) is 13.5. The lowest BCUT2D eigenvalue weighted by Gasteiger charge is -2.38. The summed E-state index contributed by atoms with van der Waals surface area (Å²) in [5, 5.41) is 3.81. The predicted molar refractivity (Wildman–Crippen MR) is 88.3 cm³/mol. The first-order valence-corrected chi connectivity index (χ1v) is 8.51. The van der Waals surface area contributed by atoms with Crippen LogP contribution in [-0.2, 0) is 0 Å². The van der Waals surface area contributed by atoms with E-state index in [-0.39, 0.29) is 0 Å². The van der Waals surface area contributed by atoms with E-state index in [0.717, 1.165) is 12.0 Å². The average molecular weight is 273 g/mol. The van der Waals surface area contributed by atoms with Crippen LogP contribution in [0.2, 0.25) is 0 Å². The smallest absolute Gasteiger partial charge is 0.00812 e. The quantitative estimate of drug-likeness (QED) is 0.643. The lowest BCUT2D eigenvalue weighted by Crippen LogP contribution is -2.44. The van der Waals surface area contributed by atoms with Crippen molar-refractivity contribution in [3.63, 3.8) is 0 Å². The van der Waals surface area contributed by atoms with Crippen LogP contribution in [0.5, 0.6) is 0 Å². The van der Waals surface area contributed by atoms with Gasteiger partial charge in [0.25, 0.3) is 0 Å². The summed E-state index contributed by atoms with van der Waals surface area (Å²) in [6.45, 7) is 6.82. The summed E-state index contributed by atoms with van der Waals surface area (Å²) in [7, 11) is 0. The first-order valence-electron chi connectivity index (χ1n) is 8.51. The third kappa shape index (κ3) is 4.63. The van der Waals surface area contributed by atoms with E-state index in [0.29, 0.717) is 6.04 Å². The van der Waals surface area contributed by atoms with Crippen LogP contribution in [0.15, 0.2) is 24.3 Å². The van der Waals surface area contributed by atoms with E-state index in [1.54, 1.807) is 5.56 Å². The van der Waals surface area contributed by atoms with Crippen molar-refractivity contribution in [2.75, 3.05) is 0 Å². The molecule has 1 aromatic rings. The average Bonchev–Trinajstić information content (AvgIpc) is 2.38. The van der Waals surface area contributed by atoms with Crippen LogP contribution in [0.3, 0.4) is 0 Å². The normalized spacial score (nSPS) is 23.4. The lowest BCUT2D eigenvalue weighted by atomic mass is 9.75. The van der Waals surface area contributed by atoms with Gasteiger partial charge in [0.05, 0.1) is 0 Å². The first-order chi connectivity index (χ1) is 9.69. The van der Waals surface area contributed by atoms with Gasteiger partial charge in [-0.15, -0.1) is 0 Å². The fourth-order valence-electron chi connectivity index (χ4n) is 3.31. The van der Waals surface area contributed by atoms with Crippen LogP contribution in [0.1, 0.15) is 75.8 Å². The fraction of sp³-hybridized carbons (Fsp3) is 0.684. The summed E-state index contributed by atoms with van der Waals surface area (Å²) in [6, 6.07) is 10.5. The maximum atomic E-state index is 3.81. The summed E-state index contributed by atoms with van der Waals surface area (Å²) in [5.41, 5.74) is 2.93. The van der Waals surface area contributed by atoms with Crippen LogP contribution in [0.25, 0.3) is 0 Å². The largest absolute Gasteiger partial charge is 0.311 e. The molecule has 1 unspecified atom stereocenters. The molecule has 1 fully saturated rings. The van der Waals surface area contributed by atoms with Crippen molar-refractivity contribution in [3.8, 4) is 0 Å². The van der Waals surface area contributed by atoms with Crippen LogP contribution >= 0.6 is 0 Å². The number of rotatable bonds is 8. The van der Waals surface area contributed by atoms with E-state index in [9.17, 15) is 0 Å². The van der Waals surface area contributed by atoms with E-state index in [4.69, 9.17) is 0 Å². The predicted octanol–water partition coefficient (Wildman–Crippen LogP) is 5.19. The SMILES string of the molecule is CCCCCCC(C)NC1CC(c2cccc(C)c2)C1. The Hall–Kier alpha value is -0.820. The van der Waals surface area contributed by atoms with Gasteiger partial charge in [0.1, 0.15) is 0 Å². The van der Waals surface area contributed by atoms with Crippen LogP contribution in [0.4, 0.5) is 0 Å². The molecule has 112 valence electrons. The second kappa shape index (κ2) is 7.83. The molecule has 1 nitrogen and oxygen atoms in total. The third-order valence-corrected chi connectivity index (χ3v) is 4.66. The standard InChI is InChI=1S/C19H31N/c1-4-5-6-7-10-16(3)20-19-13-18(14-19)17-11-8-9-15(2)12-17/h8-9,11-12,16,18-20H,4-7,10,13-14H2,1-3H3. The van der Waals surface area contributed by atoms with E-state index in [2.05, 4.69) is 50.4 Å². The van der Waals surface area contributed by atoms with Crippen molar-refractivity contribution in [3.05, 3.63) is 35.4 Å². The number of benzene rings is 1. The summed E-state index contributed by atoms with van der Waals surface area (Å²) in [5.74, 6) is 0.791. The third-order valence-electron chi connectivity index (χ3n) is 4.66. The molecule has 0 radical (unpaired) electrons. The molecule has 1 aromatic carbocycles. The van der Waals surface area contributed by atoms with Gasteiger partial charge in [-0.3, -0.25) is 0 Å². The minimum Gasteiger partial charge on any atom is -0.311 e. The summed E-state index contributed by atoms with van der Waals surface area (Å²) in [4.78, 5) is 0. The Balaban J connectivity index is 1.64. The second-order valence-electron chi connectivity index (χ2n) is 6.70. The Morgan fingerprint density at radius 2 is 2.00 bits per heavy atom. The second-order valence-corrected chi connectivity index (χ2v) is 6.70. The van der Waals surface area contributed by atoms with Gasteiger partial charge in [-0.25, -0.2) is 0 Å². The van der Waals surface area contributed by atoms with Crippen molar-refractivity contribution >= 4 is 0 Å². The van der Waals surface area contributed by atoms with Crippen molar-refractivity contribution in [2.45, 2.75) is 83.7 Å². The molecule has 0 saturated heterocycles. The van der Waals surface area contributed by atoms with Gasteiger partial charge < -0.3 is 5.32 Å². The molecule has 1 aliphatic carbocycles. The van der Waals surface area contributed by atoms with Gasteiger partial charge in [-0.1, -0.05) is 62.4 Å². The van der Waals surface area contributed by atoms with Gasteiger partial charge in [-0.05, 0) is 44.6 Å². The molecule has 1 atom stereocenters. The highest BCUT2D eigenvalue weighted by Crippen LogP contribution is 2.37. The molecule has 1 saturated carbocycles. The van der Waals surface area contributed by atoms with E-state index in [1.807, 2.05) is 0 Å². The number of aryl methyl sites for hydroxylation is 1. The Morgan fingerprint density at radius 3 is 2.70 bits per heavy atom. The molecule has 0 heterocycles. The van der Waals surface area contributed by atoms with Crippen LogP contribution in [0, 0.1) is 6.92 Å². The van der Waals surface area contributed by atoms with Crippen molar-refractivity contribution < 1.29 is 0 Å². The molecular formula is C19H31N. The Labute approximate surface area is 125 Å². The lowest BCUT2D eigenvalue weighted by molar-refractivity contribution is 0.263. The molecule has 0 amide bonds. The maximum Gasteiger partial charge on any atom is 0.00812 e. The van der Waals surface area contributed by atoms with Gasteiger partial charge in [0, 0.05) is 12.1 Å². The topological polar surface area (TPSA) is 12.0 Å². The number of nitrogens with one attached hydrogen (secondary N) is 1. The molecule has 0 bridgehead atoms. The first kappa shape index (κ1) is 15.6. The number of hydrogen-bond donors (Lipinski definition) is 1. The zero-order valence-corrected chi connectivity index (χ0v) is 13.5. The molecule has 20 heavy (non-hydrogen) atoms. The maximum absolute atomic E-state index is 3.81. The highest BCUT2D eigenvalue weighted by molar-refractivity contribution is 5.27. The van der Waals surface area contributed by atoms with Crippen molar-refractivity contribution in [1.82, 2.24) is 5.32 Å². The molecule has 1 N–H and O–H groups in total. The van der Waals surface area contributed by atoms with E-state index >= 15 is 0 Å². The van der Waals surface area contributed by atoms with Crippen LogP contribution in [-0.4, -0.2) is 12.1 Å². The molecule has 2 rings (SSSR count). The number of unbranched alkanes of at least 4 members (excludes halogenated alkanes) is 3. The minimum atomic E-state index is 0.690. The van der Waals surface area contributed by atoms with Crippen molar-refractivity contribution in [2.24, 2.45) is 0 Å². The summed E-state index contributed by atoms with van der Waals surface area (Å²) in [6.07, 6.45) is 9.50.